The van der Waals surface area contributed by atoms with Gasteiger partial charge in [-0.3, -0.25) is 4.79 Å². The first-order chi connectivity index (χ1) is 11.6. The van der Waals surface area contributed by atoms with Crippen LogP contribution in [0.5, 0.6) is 0 Å². The number of nitrogens with zero attached hydrogens (tertiary/aromatic N) is 1. The molecule has 0 spiro atoms. The number of aliphatic imine (C=N–C) groups is 1. The Hall–Kier alpha value is -1.29. The van der Waals surface area contributed by atoms with Gasteiger partial charge in [-0.1, -0.05) is 13.8 Å². The molecule has 1 aromatic heterocycles. The van der Waals surface area contributed by atoms with E-state index in [0.29, 0.717) is 25.0 Å². The number of furan rings is 1. The Balaban J connectivity index is 0.00000576. The number of carbonyl (C=O) groups excluding carboxylic acids is 1. The van der Waals surface area contributed by atoms with Crippen molar-refractivity contribution in [2.45, 2.75) is 33.7 Å². The lowest BCUT2D eigenvalue weighted by molar-refractivity contribution is -0.119. The number of halogens is 1. The monoisotopic (exact) mass is 466 g/mol. The summed E-state index contributed by atoms with van der Waals surface area (Å²) in [6.07, 6.45) is 2.47. The van der Waals surface area contributed by atoms with E-state index in [9.17, 15) is 4.79 Å². The summed E-state index contributed by atoms with van der Waals surface area (Å²) >= 11 is 0. The molecule has 0 aromatic carbocycles. The number of hydrogen-bond acceptors (Lipinski definition) is 4. The molecule has 1 heterocycles. The van der Waals surface area contributed by atoms with E-state index in [2.05, 4.69) is 34.8 Å². The first-order valence-corrected chi connectivity index (χ1v) is 8.50. The zero-order valence-electron chi connectivity index (χ0n) is 15.3. The van der Waals surface area contributed by atoms with Gasteiger partial charge in [-0.2, -0.15) is 0 Å². The number of nitrogens with one attached hydrogen (secondary N) is 3. The van der Waals surface area contributed by atoms with E-state index in [1.54, 1.807) is 12.3 Å². The van der Waals surface area contributed by atoms with Crippen molar-refractivity contribution in [3.05, 3.63) is 24.2 Å². The third kappa shape index (κ3) is 12.7. The van der Waals surface area contributed by atoms with Gasteiger partial charge in [0.05, 0.1) is 12.8 Å². The van der Waals surface area contributed by atoms with Crippen molar-refractivity contribution in [2.24, 2.45) is 10.9 Å². The van der Waals surface area contributed by atoms with Crippen LogP contribution < -0.4 is 16.0 Å². The molecule has 0 bridgehead atoms. The van der Waals surface area contributed by atoms with Crippen molar-refractivity contribution in [3.8, 4) is 0 Å². The molecule has 0 aliphatic heterocycles. The van der Waals surface area contributed by atoms with Crippen molar-refractivity contribution in [1.29, 1.82) is 0 Å². The van der Waals surface area contributed by atoms with Crippen LogP contribution in [-0.2, 0) is 16.1 Å². The van der Waals surface area contributed by atoms with Crippen molar-refractivity contribution in [1.82, 2.24) is 16.0 Å². The Bertz CT molecular complexity index is 478. The molecule has 144 valence electrons. The van der Waals surface area contributed by atoms with Crippen LogP contribution in [-0.4, -0.2) is 44.7 Å². The number of hydrogen-bond donors (Lipinski definition) is 3. The molecule has 3 N–H and O–H groups in total. The highest BCUT2D eigenvalue weighted by Gasteiger charge is 2.03. The molecule has 8 heteroatoms. The van der Waals surface area contributed by atoms with Crippen molar-refractivity contribution < 1.29 is 13.9 Å². The van der Waals surface area contributed by atoms with E-state index in [4.69, 9.17) is 9.15 Å². The molecule has 0 aliphatic carbocycles. The average molecular weight is 466 g/mol. The van der Waals surface area contributed by atoms with Gasteiger partial charge in [0.25, 0.3) is 0 Å². The Labute approximate surface area is 167 Å². The second-order valence-electron chi connectivity index (χ2n) is 5.80. The number of carbonyl (C=O) groups is 1. The van der Waals surface area contributed by atoms with Gasteiger partial charge in [-0.05, 0) is 31.4 Å². The number of rotatable bonds is 11. The summed E-state index contributed by atoms with van der Waals surface area (Å²) in [4.78, 5) is 16.1. The Kier molecular flexibility index (Phi) is 14.2. The normalized spacial score (nSPS) is 11.1. The second kappa shape index (κ2) is 15.0. The first-order valence-electron chi connectivity index (χ1n) is 8.50. The SMILES string of the molecule is CCNC(=NCC(=O)NCc1ccco1)NCCCOCC(C)C.I. The molecule has 25 heavy (non-hydrogen) atoms. The lowest BCUT2D eigenvalue weighted by Gasteiger charge is -2.12. The highest BCUT2D eigenvalue weighted by Crippen LogP contribution is 1.98. The van der Waals surface area contributed by atoms with Crippen LogP contribution in [0.4, 0.5) is 0 Å². The summed E-state index contributed by atoms with van der Waals surface area (Å²) in [7, 11) is 0. The highest BCUT2D eigenvalue weighted by atomic mass is 127. The first kappa shape index (κ1) is 23.7. The van der Waals surface area contributed by atoms with Gasteiger partial charge in [0, 0.05) is 26.3 Å². The van der Waals surface area contributed by atoms with Crippen LogP contribution in [0.25, 0.3) is 0 Å². The van der Waals surface area contributed by atoms with Crippen LogP contribution in [0.1, 0.15) is 33.0 Å². The van der Waals surface area contributed by atoms with Gasteiger partial charge in [0.15, 0.2) is 5.96 Å². The summed E-state index contributed by atoms with van der Waals surface area (Å²) in [6.45, 7) is 9.68. The highest BCUT2D eigenvalue weighted by molar-refractivity contribution is 14.0. The van der Waals surface area contributed by atoms with Gasteiger partial charge >= 0.3 is 0 Å². The number of ether oxygens (including phenoxy) is 1. The molecule has 0 atom stereocenters. The van der Waals surface area contributed by atoms with Gasteiger partial charge < -0.3 is 25.1 Å². The Morgan fingerprint density at radius 2 is 2.12 bits per heavy atom. The molecule has 7 nitrogen and oxygen atoms in total. The minimum Gasteiger partial charge on any atom is -0.467 e. The largest absolute Gasteiger partial charge is 0.467 e. The molecular weight excluding hydrogens is 435 g/mol. The summed E-state index contributed by atoms with van der Waals surface area (Å²) in [6, 6.07) is 3.61. The van der Waals surface area contributed by atoms with E-state index in [1.807, 2.05) is 13.0 Å². The fourth-order valence-corrected chi connectivity index (χ4v) is 1.85. The third-order valence-corrected chi connectivity index (χ3v) is 2.97. The maximum atomic E-state index is 11.8. The quantitative estimate of drug-likeness (QED) is 0.201. The Morgan fingerprint density at radius 1 is 1.32 bits per heavy atom. The lowest BCUT2D eigenvalue weighted by Crippen LogP contribution is -2.39. The minimum atomic E-state index is -0.149. The standard InChI is InChI=1S/C17H30N4O3.HI/c1-4-18-17(19-8-6-9-23-13-14(2)3)21-12-16(22)20-11-15-7-5-10-24-15;/h5,7,10,14H,4,6,8-9,11-13H2,1-3H3,(H,20,22)(H2,18,19,21);1H. The fourth-order valence-electron chi connectivity index (χ4n) is 1.85. The van der Waals surface area contributed by atoms with Gasteiger partial charge in [0.2, 0.25) is 5.91 Å². The summed E-state index contributed by atoms with van der Waals surface area (Å²) in [5.41, 5.74) is 0. The molecule has 0 unspecified atom stereocenters. The zero-order valence-corrected chi connectivity index (χ0v) is 17.7. The smallest absolute Gasteiger partial charge is 0.242 e. The van der Waals surface area contributed by atoms with Crippen molar-refractivity contribution in [3.63, 3.8) is 0 Å². The molecule has 0 saturated carbocycles. The van der Waals surface area contributed by atoms with Crippen molar-refractivity contribution in [2.75, 3.05) is 32.8 Å². The predicted molar refractivity (Wildman–Crippen MR) is 110 cm³/mol. The van der Waals surface area contributed by atoms with Crippen LogP contribution in [0.3, 0.4) is 0 Å². The van der Waals surface area contributed by atoms with Gasteiger partial charge in [-0.25, -0.2) is 4.99 Å². The maximum absolute atomic E-state index is 11.8. The van der Waals surface area contributed by atoms with E-state index in [-0.39, 0.29) is 36.4 Å². The van der Waals surface area contributed by atoms with Crippen LogP contribution in [0.2, 0.25) is 0 Å². The minimum absolute atomic E-state index is 0. The molecule has 1 rings (SSSR count). The lowest BCUT2D eigenvalue weighted by atomic mass is 10.2. The van der Waals surface area contributed by atoms with Gasteiger partial charge in [-0.15, -0.1) is 24.0 Å². The molecule has 0 radical (unpaired) electrons. The van der Waals surface area contributed by atoms with Crippen LogP contribution in [0.15, 0.2) is 27.8 Å². The van der Waals surface area contributed by atoms with Crippen LogP contribution >= 0.6 is 24.0 Å². The number of amides is 1. The predicted octanol–water partition coefficient (Wildman–Crippen LogP) is 2.13. The summed E-state index contributed by atoms with van der Waals surface area (Å²) < 4.78 is 10.7. The summed E-state index contributed by atoms with van der Waals surface area (Å²) in [5, 5.41) is 9.07. The second-order valence-corrected chi connectivity index (χ2v) is 5.80. The number of guanidine groups is 1. The molecule has 0 saturated heterocycles. The zero-order chi connectivity index (χ0) is 17.6. The fraction of sp³-hybridized carbons (Fsp3) is 0.647. The molecule has 0 aliphatic rings. The van der Waals surface area contributed by atoms with Gasteiger partial charge in [0.1, 0.15) is 12.3 Å². The van der Waals surface area contributed by atoms with E-state index >= 15 is 0 Å². The topological polar surface area (TPSA) is 87.9 Å². The maximum Gasteiger partial charge on any atom is 0.242 e. The molecule has 0 fully saturated rings. The van der Waals surface area contributed by atoms with Crippen molar-refractivity contribution >= 4 is 35.8 Å². The van der Waals surface area contributed by atoms with Crippen LogP contribution in [0, 0.1) is 5.92 Å². The summed E-state index contributed by atoms with van der Waals surface area (Å²) in [5.74, 6) is 1.76. The molecular formula is C17H31IN4O3. The Morgan fingerprint density at radius 3 is 2.76 bits per heavy atom. The third-order valence-electron chi connectivity index (χ3n) is 2.97. The molecule has 1 aromatic rings. The van der Waals surface area contributed by atoms with E-state index < -0.39 is 0 Å². The average Bonchev–Trinajstić information content (AvgIpc) is 3.07. The van der Waals surface area contributed by atoms with E-state index in [1.165, 1.54) is 0 Å². The van der Waals surface area contributed by atoms with E-state index in [0.717, 1.165) is 31.9 Å². The molecule has 1 amide bonds.